The van der Waals surface area contributed by atoms with Gasteiger partial charge in [-0.3, -0.25) is 0 Å². The van der Waals surface area contributed by atoms with Crippen LogP contribution in [0.1, 0.15) is 22.8 Å². The molecule has 0 aliphatic heterocycles. The summed E-state index contributed by atoms with van der Waals surface area (Å²) in [5.74, 6) is 4.80. The van der Waals surface area contributed by atoms with Gasteiger partial charge in [-0.25, -0.2) is 4.39 Å². The molecule has 0 spiro atoms. The molecule has 3 aromatic carbocycles. The zero-order chi connectivity index (χ0) is 17.7. The van der Waals surface area contributed by atoms with Crippen molar-refractivity contribution in [3.63, 3.8) is 0 Å². The predicted octanol–water partition coefficient (Wildman–Crippen LogP) is 3.80. The molecule has 1 unspecified atom stereocenters. The third-order valence-corrected chi connectivity index (χ3v) is 3.97. The van der Waals surface area contributed by atoms with Crippen molar-refractivity contribution >= 4 is 0 Å². The van der Waals surface area contributed by atoms with Crippen molar-refractivity contribution in [3.05, 3.63) is 107 Å². The highest BCUT2D eigenvalue weighted by Crippen LogP contribution is 2.29. The minimum atomic E-state index is -1.60. The Morgan fingerprint density at radius 2 is 1.24 bits per heavy atom. The Morgan fingerprint density at radius 1 is 0.760 bits per heavy atom. The Hall–Kier alpha value is -2.93. The summed E-state index contributed by atoms with van der Waals surface area (Å²) in [6.45, 7) is 0. The molecule has 3 aromatic rings. The van der Waals surface area contributed by atoms with Gasteiger partial charge in [-0.15, -0.1) is 0 Å². The van der Waals surface area contributed by atoms with Crippen molar-refractivity contribution < 1.29 is 14.6 Å². The number of halogens is 1. The summed E-state index contributed by atoms with van der Waals surface area (Å²) < 4.78 is 13.8. The lowest BCUT2D eigenvalue weighted by Gasteiger charge is -2.23. The fourth-order valence-corrected chi connectivity index (χ4v) is 2.62. The van der Waals surface area contributed by atoms with Gasteiger partial charge in [-0.2, -0.15) is 0 Å². The second kappa shape index (κ2) is 7.31. The van der Waals surface area contributed by atoms with Crippen LogP contribution in [0.2, 0.25) is 0 Å². The molecule has 2 nitrogen and oxygen atoms in total. The molecular formula is C22H17FO2. The Labute approximate surface area is 146 Å². The SMILES string of the molecule is OC(C#CC(O)(c1ccccc1)c1ccccc1)c1ccccc1F. The first kappa shape index (κ1) is 16.9. The highest BCUT2D eigenvalue weighted by Gasteiger charge is 2.29. The second-order valence-corrected chi connectivity index (χ2v) is 5.64. The first-order valence-electron chi connectivity index (χ1n) is 7.90. The van der Waals surface area contributed by atoms with Gasteiger partial charge in [-0.05, 0) is 6.07 Å². The maximum Gasteiger partial charge on any atom is 0.176 e. The van der Waals surface area contributed by atoms with Gasteiger partial charge >= 0.3 is 0 Å². The molecule has 3 rings (SSSR count). The fourth-order valence-electron chi connectivity index (χ4n) is 2.62. The molecule has 0 heterocycles. The summed E-state index contributed by atoms with van der Waals surface area (Å²) in [7, 11) is 0. The molecule has 0 radical (unpaired) electrons. The Bertz CT molecular complexity index is 856. The zero-order valence-corrected chi connectivity index (χ0v) is 13.4. The van der Waals surface area contributed by atoms with E-state index in [-0.39, 0.29) is 5.56 Å². The normalized spacial score (nSPS) is 12.1. The Kier molecular flexibility index (Phi) is 4.95. The number of benzene rings is 3. The quantitative estimate of drug-likeness (QED) is 0.716. The third kappa shape index (κ3) is 3.61. The van der Waals surface area contributed by atoms with Crippen LogP contribution in [-0.2, 0) is 5.60 Å². The molecule has 0 aliphatic rings. The largest absolute Gasteiger partial charge is 0.376 e. The average Bonchev–Trinajstić information content (AvgIpc) is 2.67. The Balaban J connectivity index is 2.05. The molecule has 0 bridgehead atoms. The topological polar surface area (TPSA) is 40.5 Å². The van der Waals surface area contributed by atoms with Crippen LogP contribution in [0.4, 0.5) is 4.39 Å². The second-order valence-electron chi connectivity index (χ2n) is 5.64. The van der Waals surface area contributed by atoms with E-state index in [1.165, 1.54) is 12.1 Å². The lowest BCUT2D eigenvalue weighted by Crippen LogP contribution is -2.25. The van der Waals surface area contributed by atoms with E-state index in [1.54, 1.807) is 60.7 Å². The van der Waals surface area contributed by atoms with Gasteiger partial charge in [0.1, 0.15) is 11.9 Å². The first-order valence-corrected chi connectivity index (χ1v) is 7.90. The average molecular weight is 332 g/mol. The molecule has 25 heavy (non-hydrogen) atoms. The van der Waals surface area contributed by atoms with Gasteiger partial charge in [0.25, 0.3) is 0 Å². The number of rotatable bonds is 3. The van der Waals surface area contributed by atoms with Crippen LogP contribution in [0.5, 0.6) is 0 Å². The summed E-state index contributed by atoms with van der Waals surface area (Å²) in [6.07, 6.45) is -1.33. The highest BCUT2D eigenvalue weighted by molar-refractivity contribution is 5.45. The van der Waals surface area contributed by atoms with Crippen LogP contribution >= 0.6 is 0 Å². The Morgan fingerprint density at radius 3 is 1.76 bits per heavy atom. The summed E-state index contributed by atoms with van der Waals surface area (Å²) >= 11 is 0. The van der Waals surface area contributed by atoms with Gasteiger partial charge < -0.3 is 10.2 Å². The van der Waals surface area contributed by atoms with Gasteiger partial charge in [0.05, 0.1) is 0 Å². The highest BCUT2D eigenvalue weighted by atomic mass is 19.1. The van der Waals surface area contributed by atoms with E-state index < -0.39 is 17.5 Å². The standard InChI is InChI=1S/C22H17FO2/c23-20-14-8-7-13-19(20)21(24)15-16-22(25,17-9-3-1-4-10-17)18-11-5-2-6-12-18/h1-14,21,24-25H. The lowest BCUT2D eigenvalue weighted by atomic mass is 9.86. The maximum atomic E-state index is 13.8. The number of hydrogen-bond donors (Lipinski definition) is 2. The van der Waals surface area contributed by atoms with Gasteiger partial charge in [0.15, 0.2) is 5.60 Å². The molecule has 0 amide bonds. The summed E-state index contributed by atoms with van der Waals surface area (Å²) in [5.41, 5.74) is -0.364. The minimum Gasteiger partial charge on any atom is -0.376 e. The molecule has 2 N–H and O–H groups in total. The van der Waals surface area contributed by atoms with E-state index in [2.05, 4.69) is 11.8 Å². The van der Waals surface area contributed by atoms with Crippen LogP contribution in [0.3, 0.4) is 0 Å². The molecule has 0 aromatic heterocycles. The molecule has 124 valence electrons. The van der Waals surface area contributed by atoms with Gasteiger partial charge in [0.2, 0.25) is 0 Å². The smallest absolute Gasteiger partial charge is 0.176 e. The molecule has 3 heteroatoms. The van der Waals surface area contributed by atoms with Crippen LogP contribution in [-0.4, -0.2) is 10.2 Å². The number of hydrogen-bond acceptors (Lipinski definition) is 2. The van der Waals surface area contributed by atoms with Crippen molar-refractivity contribution in [2.24, 2.45) is 0 Å². The lowest BCUT2D eigenvalue weighted by molar-refractivity contribution is 0.144. The van der Waals surface area contributed by atoms with E-state index in [4.69, 9.17) is 0 Å². The van der Waals surface area contributed by atoms with Crippen LogP contribution < -0.4 is 0 Å². The van der Waals surface area contributed by atoms with Crippen molar-refractivity contribution in [1.29, 1.82) is 0 Å². The molecule has 0 aliphatic carbocycles. The minimum absolute atomic E-state index is 0.0819. The molecular weight excluding hydrogens is 315 g/mol. The van der Waals surface area contributed by atoms with E-state index in [0.29, 0.717) is 11.1 Å². The predicted molar refractivity (Wildman–Crippen MR) is 95.0 cm³/mol. The summed E-state index contributed by atoms with van der Waals surface area (Å²) in [4.78, 5) is 0. The van der Waals surface area contributed by atoms with Crippen molar-refractivity contribution in [3.8, 4) is 11.8 Å². The van der Waals surface area contributed by atoms with E-state index >= 15 is 0 Å². The third-order valence-electron chi connectivity index (χ3n) is 3.97. The summed E-state index contributed by atoms with van der Waals surface area (Å²) in [6, 6.07) is 23.9. The molecule has 0 fully saturated rings. The van der Waals surface area contributed by atoms with E-state index in [9.17, 15) is 14.6 Å². The molecule has 0 saturated carbocycles. The van der Waals surface area contributed by atoms with E-state index in [1.807, 2.05) is 12.1 Å². The van der Waals surface area contributed by atoms with Crippen molar-refractivity contribution in [2.45, 2.75) is 11.7 Å². The van der Waals surface area contributed by atoms with Crippen LogP contribution in [0.25, 0.3) is 0 Å². The maximum absolute atomic E-state index is 13.8. The molecule has 1 atom stereocenters. The zero-order valence-electron chi connectivity index (χ0n) is 13.4. The number of aliphatic hydroxyl groups is 2. The number of aliphatic hydroxyl groups excluding tert-OH is 1. The first-order chi connectivity index (χ1) is 12.1. The summed E-state index contributed by atoms with van der Waals surface area (Å²) in [5, 5.41) is 21.5. The fraction of sp³-hybridized carbons (Fsp3) is 0.0909. The van der Waals surface area contributed by atoms with E-state index in [0.717, 1.165) is 0 Å². The van der Waals surface area contributed by atoms with Crippen LogP contribution in [0.15, 0.2) is 84.9 Å². The van der Waals surface area contributed by atoms with Crippen molar-refractivity contribution in [1.82, 2.24) is 0 Å². The van der Waals surface area contributed by atoms with Gasteiger partial charge in [0, 0.05) is 16.7 Å². The molecule has 0 saturated heterocycles. The van der Waals surface area contributed by atoms with Gasteiger partial charge in [-0.1, -0.05) is 90.7 Å². The monoisotopic (exact) mass is 332 g/mol. The van der Waals surface area contributed by atoms with Crippen molar-refractivity contribution in [2.75, 3.05) is 0 Å². The van der Waals surface area contributed by atoms with Crippen LogP contribution in [0, 0.1) is 17.7 Å².